The summed E-state index contributed by atoms with van der Waals surface area (Å²) in [5, 5.41) is 0. The van der Waals surface area contributed by atoms with Crippen molar-refractivity contribution in [3.63, 3.8) is 0 Å². The van der Waals surface area contributed by atoms with E-state index in [1.807, 2.05) is 43.3 Å². The van der Waals surface area contributed by atoms with Crippen LogP contribution in [0, 0.1) is 50.6 Å². The third-order valence-corrected chi connectivity index (χ3v) is 2.52. The third-order valence-electron chi connectivity index (χ3n) is 2.52. The van der Waals surface area contributed by atoms with Gasteiger partial charge in [-0.25, -0.2) is 0 Å². The van der Waals surface area contributed by atoms with Crippen LogP contribution in [0.2, 0.25) is 0 Å². The number of aryl methyl sites for hydroxylation is 1. The van der Waals surface area contributed by atoms with Crippen molar-refractivity contribution in [2.75, 3.05) is 0 Å². The van der Waals surface area contributed by atoms with Crippen LogP contribution in [0.4, 0.5) is 4.48 Å². The second kappa shape index (κ2) is 8.67. The van der Waals surface area contributed by atoms with Gasteiger partial charge in [0.1, 0.15) is 0 Å². The molecule has 0 unspecified atom stereocenters. The van der Waals surface area contributed by atoms with E-state index in [0.717, 1.165) is 11.1 Å². The number of halogens is 1. The van der Waals surface area contributed by atoms with Crippen molar-refractivity contribution >= 4 is 12.0 Å². The van der Waals surface area contributed by atoms with Gasteiger partial charge in [0.05, 0.1) is 0 Å². The summed E-state index contributed by atoms with van der Waals surface area (Å²) in [6.07, 6.45) is 4.38. The summed E-state index contributed by atoms with van der Waals surface area (Å²) in [6, 6.07) is 7.97. The Morgan fingerprint density at radius 2 is 2.12 bits per heavy atom. The molecule has 0 aliphatic carbocycles. The molecule has 0 saturated carbocycles. The van der Waals surface area contributed by atoms with Gasteiger partial charge in [-0.1, -0.05) is 43.3 Å². The van der Waals surface area contributed by atoms with Gasteiger partial charge in [-0.05, 0) is 24.5 Å². The molecule has 1 amide bonds. The average Bonchev–Trinajstić information content (AvgIpc) is 2.30. The number of nitrogens with one attached hydrogen (secondary N) is 1. The molecule has 2 nitrogen and oxygen atoms in total. The third kappa shape index (κ3) is 5.66. The van der Waals surface area contributed by atoms with Crippen LogP contribution in [0.1, 0.15) is 24.5 Å². The topological polar surface area (TPSA) is 29.1 Å². The predicted molar refractivity (Wildman–Crippen MR) is 63.2 cm³/mol. The summed E-state index contributed by atoms with van der Waals surface area (Å²) in [5.41, 5.74) is 3.45. The van der Waals surface area contributed by atoms with Crippen molar-refractivity contribution in [3.05, 3.63) is 41.5 Å². The fourth-order valence-electron chi connectivity index (χ4n) is 1.37. The summed E-state index contributed by atoms with van der Waals surface area (Å²) >= 11 is 0. The Hall–Kier alpha value is -0.380. The van der Waals surface area contributed by atoms with Gasteiger partial charge < -0.3 is 0 Å². The molecule has 4 heteroatoms. The second-order valence-electron chi connectivity index (χ2n) is 3.85. The van der Waals surface area contributed by atoms with Crippen LogP contribution in [-0.2, 0) is 4.79 Å². The maximum Gasteiger partial charge on any atom is 0.250 e. The number of benzene rings is 1. The Morgan fingerprint density at radius 1 is 1.47 bits per heavy atom. The first-order valence-corrected chi connectivity index (χ1v) is 5.27. The number of hydrogen-bond donors (Lipinski definition) is 1. The SMILES string of the molecule is Cc1ccccc1/C=C/C[C@H](C)C(=O)NF.[Ar]. The molecule has 0 saturated heterocycles. The molecule has 1 atom stereocenters. The van der Waals surface area contributed by atoms with Crippen LogP contribution in [0.5, 0.6) is 0 Å². The van der Waals surface area contributed by atoms with Crippen LogP contribution >= 0.6 is 0 Å². The minimum Gasteiger partial charge on any atom is -0.272 e. The van der Waals surface area contributed by atoms with Gasteiger partial charge in [-0.3, -0.25) is 4.79 Å². The van der Waals surface area contributed by atoms with E-state index in [0.29, 0.717) is 6.42 Å². The van der Waals surface area contributed by atoms with Crippen LogP contribution in [-0.4, -0.2) is 5.91 Å². The Kier molecular flexibility index (Phi) is 8.48. The number of hydrogen-bond acceptors (Lipinski definition) is 1. The fourth-order valence-corrected chi connectivity index (χ4v) is 1.37. The molecule has 0 radical (unpaired) electrons. The maximum absolute atomic E-state index is 11.8. The molecule has 1 rings (SSSR count). The Balaban J connectivity index is 0.00000256. The maximum atomic E-state index is 11.8. The second-order valence-corrected chi connectivity index (χ2v) is 3.85. The standard InChI is InChI=1S/C13H16FNO.Ar/c1-10-6-3-4-8-12(10)9-5-7-11(2)13(16)15-14;/h3-6,8-9,11H,7H2,1-2H3,(H,15,16);/b9-5+;/t11-;/m0./s1. The van der Waals surface area contributed by atoms with E-state index in [1.54, 1.807) is 6.92 Å². The first kappa shape index (κ1) is 16.6. The van der Waals surface area contributed by atoms with Crippen molar-refractivity contribution in [1.29, 1.82) is 0 Å². The molecule has 94 valence electrons. The minimum atomic E-state index is -0.575. The van der Waals surface area contributed by atoms with Gasteiger partial charge in [0.2, 0.25) is 0 Å². The normalized spacial score (nSPS) is 11.9. The van der Waals surface area contributed by atoms with E-state index in [2.05, 4.69) is 0 Å². The molecule has 0 aliphatic heterocycles. The van der Waals surface area contributed by atoms with E-state index >= 15 is 0 Å². The van der Waals surface area contributed by atoms with E-state index in [4.69, 9.17) is 0 Å². The number of amides is 1. The molecule has 1 N–H and O–H groups in total. The van der Waals surface area contributed by atoms with Gasteiger partial charge in [0, 0.05) is 43.7 Å². The summed E-state index contributed by atoms with van der Waals surface area (Å²) in [5.74, 6) is -0.917. The molecule has 0 aromatic heterocycles. The molecular weight excluding hydrogens is 245 g/mol. The fraction of sp³-hybridized carbons (Fsp3) is 0.308. The van der Waals surface area contributed by atoms with Gasteiger partial charge in [-0.15, -0.1) is 4.48 Å². The van der Waals surface area contributed by atoms with Crippen molar-refractivity contribution in [3.8, 4) is 0 Å². The van der Waals surface area contributed by atoms with Crippen molar-refractivity contribution in [2.24, 2.45) is 5.92 Å². The number of rotatable bonds is 4. The Bertz CT molecular complexity index is 393. The molecule has 0 heterocycles. The monoisotopic (exact) mass is 261 g/mol. The van der Waals surface area contributed by atoms with E-state index in [1.165, 1.54) is 5.56 Å². The van der Waals surface area contributed by atoms with Crippen LogP contribution in [0.25, 0.3) is 6.08 Å². The summed E-state index contributed by atoms with van der Waals surface area (Å²) < 4.78 is 11.8. The van der Waals surface area contributed by atoms with Gasteiger partial charge >= 0.3 is 0 Å². The summed E-state index contributed by atoms with van der Waals surface area (Å²) in [4.78, 5) is 10.9. The largest absolute Gasteiger partial charge is 0.272 e. The zero-order valence-corrected chi connectivity index (χ0v) is 10.6. The van der Waals surface area contributed by atoms with Crippen LogP contribution < -0.4 is 5.54 Å². The molecule has 1 aromatic rings. The van der Waals surface area contributed by atoms with E-state index in [-0.39, 0.29) is 43.7 Å². The minimum absolute atomic E-state index is 0. The summed E-state index contributed by atoms with van der Waals surface area (Å²) in [6.45, 7) is 3.72. The quantitative estimate of drug-likeness (QED) is 0.829. The molecule has 0 fully saturated rings. The Labute approximate surface area is 131 Å². The Morgan fingerprint density at radius 3 is 2.71 bits per heavy atom. The van der Waals surface area contributed by atoms with E-state index < -0.39 is 5.91 Å². The number of carbonyl (C=O) groups is 1. The number of allylic oxidation sites excluding steroid dienone is 1. The zero-order chi connectivity index (χ0) is 12.0. The van der Waals surface area contributed by atoms with Crippen molar-refractivity contribution in [1.82, 2.24) is 5.54 Å². The van der Waals surface area contributed by atoms with Crippen molar-refractivity contribution < 1.29 is 47.0 Å². The van der Waals surface area contributed by atoms with Crippen LogP contribution in [0.15, 0.2) is 30.3 Å². The van der Waals surface area contributed by atoms with Crippen molar-refractivity contribution in [2.45, 2.75) is 20.3 Å². The average molecular weight is 261 g/mol. The van der Waals surface area contributed by atoms with Crippen LogP contribution in [0.3, 0.4) is 0 Å². The van der Waals surface area contributed by atoms with Gasteiger partial charge in [-0.2, -0.15) is 5.54 Å². The molecular formula is C13H16ArFNO. The summed E-state index contributed by atoms with van der Waals surface area (Å²) in [7, 11) is 0. The molecule has 0 aliphatic rings. The van der Waals surface area contributed by atoms with Gasteiger partial charge in [0.15, 0.2) is 0 Å². The molecule has 0 spiro atoms. The predicted octanol–water partition coefficient (Wildman–Crippen LogP) is 3.04. The molecule has 1 aromatic carbocycles. The first-order chi connectivity index (χ1) is 7.65. The number of carbonyl (C=O) groups excluding carboxylic acids is 1. The first-order valence-electron chi connectivity index (χ1n) is 5.27. The molecule has 0 bridgehead atoms. The smallest absolute Gasteiger partial charge is 0.250 e. The van der Waals surface area contributed by atoms with E-state index in [9.17, 15) is 9.28 Å². The van der Waals surface area contributed by atoms with Gasteiger partial charge in [0.25, 0.3) is 5.91 Å². The zero-order valence-electron chi connectivity index (χ0n) is 9.89. The molecule has 17 heavy (non-hydrogen) atoms.